The van der Waals surface area contributed by atoms with Gasteiger partial charge >= 0.3 is 0 Å². The van der Waals surface area contributed by atoms with Gasteiger partial charge in [-0.25, -0.2) is 0 Å². The molecule has 5 nitrogen and oxygen atoms in total. The molecule has 0 saturated carbocycles. The monoisotopic (exact) mass is 412 g/mol. The van der Waals surface area contributed by atoms with Gasteiger partial charge in [-0.15, -0.1) is 0 Å². The van der Waals surface area contributed by atoms with Crippen LogP contribution >= 0.6 is 11.9 Å². The van der Waals surface area contributed by atoms with E-state index in [1.807, 2.05) is 49.6 Å². The summed E-state index contributed by atoms with van der Waals surface area (Å²) in [4.78, 5) is 14.2. The highest BCUT2D eigenvalue weighted by Gasteiger charge is 2.14. The molecule has 6 heteroatoms. The Labute approximate surface area is 177 Å². The van der Waals surface area contributed by atoms with Gasteiger partial charge in [0.05, 0.1) is 10.9 Å². The summed E-state index contributed by atoms with van der Waals surface area (Å²) in [5.41, 5.74) is 2.50. The van der Waals surface area contributed by atoms with Crippen LogP contribution < -0.4 is 10.3 Å². The Morgan fingerprint density at radius 2 is 2.00 bits per heavy atom. The third-order valence-corrected chi connectivity index (χ3v) is 5.29. The molecular weight excluding hydrogens is 380 g/mol. The number of rotatable bonds is 8. The molecule has 29 heavy (non-hydrogen) atoms. The molecule has 0 aliphatic heterocycles. The van der Waals surface area contributed by atoms with Gasteiger partial charge < -0.3 is 4.57 Å². The number of pyridine rings is 1. The van der Waals surface area contributed by atoms with E-state index in [4.69, 9.17) is 0 Å². The number of aromatic nitrogens is 3. The third kappa shape index (κ3) is 5.40. The summed E-state index contributed by atoms with van der Waals surface area (Å²) in [6.07, 6.45) is 8.52. The summed E-state index contributed by atoms with van der Waals surface area (Å²) in [6.45, 7) is 11.5. The van der Waals surface area contributed by atoms with Crippen LogP contribution in [0.4, 0.5) is 0 Å². The molecule has 0 aliphatic rings. The van der Waals surface area contributed by atoms with Crippen molar-refractivity contribution in [3.63, 3.8) is 0 Å². The number of nitrogens with zero attached hydrogens (tertiary/aromatic N) is 2. The molecule has 2 N–H and O–H groups in total. The molecule has 2 heterocycles. The number of para-hydroxylation sites is 1. The van der Waals surface area contributed by atoms with Gasteiger partial charge in [0.15, 0.2) is 0 Å². The van der Waals surface area contributed by atoms with Crippen LogP contribution in [-0.2, 0) is 6.54 Å². The highest BCUT2D eigenvalue weighted by molar-refractivity contribution is 8.01. The summed E-state index contributed by atoms with van der Waals surface area (Å²) in [7, 11) is 0. The Morgan fingerprint density at radius 3 is 2.72 bits per heavy atom. The largest absolute Gasteiger partial charge is 0.306 e. The Balaban J connectivity index is 0.00000145. The molecule has 0 unspecified atom stereocenters. The van der Waals surface area contributed by atoms with E-state index >= 15 is 0 Å². The van der Waals surface area contributed by atoms with Gasteiger partial charge in [0.1, 0.15) is 5.52 Å². The second-order valence-electron chi connectivity index (χ2n) is 6.37. The van der Waals surface area contributed by atoms with E-state index in [0.717, 1.165) is 35.0 Å². The van der Waals surface area contributed by atoms with E-state index in [0.29, 0.717) is 18.5 Å². The van der Waals surface area contributed by atoms with Crippen molar-refractivity contribution in [2.45, 2.75) is 54.0 Å². The maximum absolute atomic E-state index is 13.0. The van der Waals surface area contributed by atoms with Gasteiger partial charge in [-0.1, -0.05) is 64.1 Å². The summed E-state index contributed by atoms with van der Waals surface area (Å²) >= 11 is 1.62. The molecule has 0 atom stereocenters. The zero-order chi connectivity index (χ0) is 21.2. The fraction of sp³-hybridized carbons (Fsp3) is 0.391. The molecule has 0 bridgehead atoms. The van der Waals surface area contributed by atoms with Crippen LogP contribution in [0.15, 0.2) is 52.2 Å². The van der Waals surface area contributed by atoms with Gasteiger partial charge in [-0.2, -0.15) is 5.10 Å². The van der Waals surface area contributed by atoms with E-state index < -0.39 is 0 Å². The fourth-order valence-electron chi connectivity index (χ4n) is 3.13. The van der Waals surface area contributed by atoms with Gasteiger partial charge in [0.2, 0.25) is 0 Å². The summed E-state index contributed by atoms with van der Waals surface area (Å²) in [5, 5.41) is 8.98. The second kappa shape index (κ2) is 11.6. The number of fused-ring (bicyclic) bond motifs is 3. The molecule has 3 aromatic rings. The lowest BCUT2D eigenvalue weighted by Gasteiger charge is -2.12. The lowest BCUT2D eigenvalue weighted by molar-refractivity contribution is 0.692. The van der Waals surface area contributed by atoms with Crippen molar-refractivity contribution < 1.29 is 0 Å². The summed E-state index contributed by atoms with van der Waals surface area (Å²) in [5.74, 6) is 0. The number of aromatic amines is 1. The van der Waals surface area contributed by atoms with Crippen LogP contribution in [0.25, 0.3) is 21.8 Å². The lowest BCUT2D eigenvalue weighted by Crippen LogP contribution is -2.25. The first-order valence-electron chi connectivity index (χ1n) is 10.4. The van der Waals surface area contributed by atoms with Crippen LogP contribution in [0.1, 0.15) is 46.2 Å². The zero-order valence-electron chi connectivity index (χ0n) is 18.1. The molecule has 156 valence electrons. The predicted molar refractivity (Wildman–Crippen MR) is 127 cm³/mol. The molecule has 0 radical (unpaired) electrons. The van der Waals surface area contributed by atoms with Crippen LogP contribution in [-0.4, -0.2) is 21.3 Å². The molecule has 0 saturated heterocycles. The normalized spacial score (nSPS) is 12.0. The van der Waals surface area contributed by atoms with Crippen molar-refractivity contribution in [1.82, 2.24) is 19.5 Å². The van der Waals surface area contributed by atoms with Gasteiger partial charge in [0.25, 0.3) is 5.56 Å². The van der Waals surface area contributed by atoms with Crippen molar-refractivity contribution in [3.8, 4) is 0 Å². The highest BCUT2D eigenvalue weighted by atomic mass is 32.2. The lowest BCUT2D eigenvalue weighted by atomic mass is 10.1. The molecule has 0 amide bonds. The first-order valence-corrected chi connectivity index (χ1v) is 11.2. The molecule has 0 aliphatic carbocycles. The standard InChI is InChI=1S/C21H26N4OS.C2H6/c1-4-6-10-16(9-5-2)27-22-13-14-25-18-12-8-7-11-17(18)20-19(21(25)26)15(3)23-24-20;1-2/h6-12,22H,4-5,13-14H2,1-3H3,(H,23,24);1-2H3/b10-6-,16-9+;. The zero-order valence-corrected chi connectivity index (χ0v) is 18.9. The SMILES string of the molecule is CC.CC/C=C\C(=C/CC)SNCCn1c(=O)c2c(C)[nH]nc2c2ccccc21. The Morgan fingerprint density at radius 1 is 1.24 bits per heavy atom. The first kappa shape index (κ1) is 23.0. The maximum Gasteiger partial charge on any atom is 0.262 e. The van der Waals surface area contributed by atoms with E-state index in [1.165, 1.54) is 4.91 Å². The summed E-state index contributed by atoms with van der Waals surface area (Å²) < 4.78 is 5.24. The minimum Gasteiger partial charge on any atom is -0.306 e. The molecule has 1 aromatic carbocycles. The van der Waals surface area contributed by atoms with Crippen LogP contribution in [0.2, 0.25) is 0 Å². The summed E-state index contributed by atoms with van der Waals surface area (Å²) in [6, 6.07) is 7.95. The van der Waals surface area contributed by atoms with E-state index in [1.54, 1.807) is 11.9 Å². The van der Waals surface area contributed by atoms with Crippen LogP contribution in [0, 0.1) is 6.92 Å². The number of nitrogens with one attached hydrogen (secondary N) is 2. The van der Waals surface area contributed by atoms with E-state index in [9.17, 15) is 4.79 Å². The van der Waals surface area contributed by atoms with Gasteiger partial charge in [-0.3, -0.25) is 14.6 Å². The van der Waals surface area contributed by atoms with E-state index in [-0.39, 0.29) is 5.56 Å². The van der Waals surface area contributed by atoms with Crippen molar-refractivity contribution in [2.24, 2.45) is 0 Å². The van der Waals surface area contributed by atoms with Crippen molar-refractivity contribution in [1.29, 1.82) is 0 Å². The molecule has 0 spiro atoms. The van der Waals surface area contributed by atoms with Gasteiger partial charge in [-0.05, 0) is 37.8 Å². The number of H-pyrrole nitrogens is 1. The Bertz CT molecular complexity index is 1050. The van der Waals surface area contributed by atoms with Crippen LogP contribution in [0.5, 0.6) is 0 Å². The van der Waals surface area contributed by atoms with Gasteiger partial charge in [0, 0.05) is 29.1 Å². The molecule has 0 fully saturated rings. The van der Waals surface area contributed by atoms with Crippen molar-refractivity contribution in [3.05, 3.63) is 63.4 Å². The number of aryl methyl sites for hydroxylation is 1. The fourth-order valence-corrected chi connectivity index (χ4v) is 3.91. The molecule has 3 rings (SSSR count). The number of allylic oxidation sites excluding steroid dienone is 3. The smallest absolute Gasteiger partial charge is 0.262 e. The van der Waals surface area contributed by atoms with E-state index in [2.05, 4.69) is 47.0 Å². The topological polar surface area (TPSA) is 62.7 Å². The highest BCUT2D eigenvalue weighted by Crippen LogP contribution is 2.22. The van der Waals surface area contributed by atoms with Crippen molar-refractivity contribution in [2.75, 3.05) is 6.54 Å². The number of hydrogen-bond donors (Lipinski definition) is 2. The second-order valence-corrected chi connectivity index (χ2v) is 7.33. The average molecular weight is 413 g/mol. The number of hydrogen-bond acceptors (Lipinski definition) is 4. The quantitative estimate of drug-likeness (QED) is 0.283. The minimum absolute atomic E-state index is 0.0111. The van der Waals surface area contributed by atoms with Crippen molar-refractivity contribution >= 4 is 33.8 Å². The third-order valence-electron chi connectivity index (χ3n) is 4.41. The molecular formula is C23H32N4OS. The average Bonchev–Trinajstić information content (AvgIpc) is 3.14. The Kier molecular flexibility index (Phi) is 9.22. The van der Waals surface area contributed by atoms with Crippen LogP contribution in [0.3, 0.4) is 0 Å². The maximum atomic E-state index is 13.0. The number of benzene rings is 1. The Hall–Kier alpha value is -2.31. The molecule has 2 aromatic heterocycles. The first-order chi connectivity index (χ1) is 14.2. The minimum atomic E-state index is 0.0111. The predicted octanol–water partition coefficient (Wildman–Crippen LogP) is 5.71.